The summed E-state index contributed by atoms with van der Waals surface area (Å²) in [5.74, 6) is -0.389. The van der Waals surface area contributed by atoms with Crippen LogP contribution in [0.25, 0.3) is 0 Å². The van der Waals surface area contributed by atoms with Gasteiger partial charge in [-0.25, -0.2) is 0 Å². The van der Waals surface area contributed by atoms with Crippen LogP contribution in [0, 0.1) is 17.2 Å². The third kappa shape index (κ3) is 1.94. The molecule has 38 valence electrons. The molecule has 0 aromatic heterocycles. The summed E-state index contributed by atoms with van der Waals surface area (Å²) >= 11 is 0. The second kappa shape index (κ2) is 3.35. The van der Waals surface area contributed by atoms with Gasteiger partial charge in [-0.3, -0.25) is 0 Å². The lowest BCUT2D eigenvalue weighted by Crippen LogP contribution is -1.93. The van der Waals surface area contributed by atoms with Crippen molar-refractivity contribution in [3.8, 4) is 6.07 Å². The number of nitriles is 1. The summed E-state index contributed by atoms with van der Waals surface area (Å²) in [5, 5.41) is 8.04. The molecule has 0 aliphatic carbocycles. The maximum atomic E-state index is 9.74. The molecular formula is C5H7NO. The lowest BCUT2D eigenvalue weighted by atomic mass is 10.1. The highest BCUT2D eigenvalue weighted by Crippen LogP contribution is 1.92. The molecule has 0 saturated heterocycles. The van der Waals surface area contributed by atoms with Crippen molar-refractivity contribution in [3.63, 3.8) is 0 Å². The fourth-order valence-corrected chi connectivity index (χ4v) is 0.218. The predicted molar refractivity (Wildman–Crippen MR) is 25.5 cm³/mol. The molecule has 2 heteroatoms. The first-order valence-corrected chi connectivity index (χ1v) is 2.20. The van der Waals surface area contributed by atoms with E-state index in [0.29, 0.717) is 12.7 Å². The molecule has 7 heavy (non-hydrogen) atoms. The zero-order valence-corrected chi connectivity index (χ0v) is 4.22. The minimum Gasteiger partial charge on any atom is -0.302 e. The van der Waals surface area contributed by atoms with E-state index in [1.54, 1.807) is 0 Å². The highest BCUT2D eigenvalue weighted by atomic mass is 16.1. The zero-order valence-electron chi connectivity index (χ0n) is 4.22. The van der Waals surface area contributed by atoms with Crippen LogP contribution in [-0.2, 0) is 4.79 Å². The van der Waals surface area contributed by atoms with Crippen LogP contribution in [0.4, 0.5) is 0 Å². The summed E-state index contributed by atoms with van der Waals surface area (Å²) in [6.07, 6.45) is 1.29. The van der Waals surface area contributed by atoms with Crippen molar-refractivity contribution in [2.45, 2.75) is 13.3 Å². The van der Waals surface area contributed by atoms with E-state index in [1.807, 2.05) is 13.0 Å². The summed E-state index contributed by atoms with van der Waals surface area (Å²) in [6, 6.07) is 1.83. The molecule has 0 aromatic rings. The van der Waals surface area contributed by atoms with Gasteiger partial charge in [0, 0.05) is 0 Å². The van der Waals surface area contributed by atoms with Crippen LogP contribution >= 0.6 is 0 Å². The van der Waals surface area contributed by atoms with Crippen molar-refractivity contribution >= 4 is 6.29 Å². The van der Waals surface area contributed by atoms with E-state index in [0.717, 1.165) is 0 Å². The molecular weight excluding hydrogens is 90.1 g/mol. The summed E-state index contributed by atoms with van der Waals surface area (Å²) in [7, 11) is 0. The Morgan fingerprint density at radius 1 is 2.00 bits per heavy atom. The molecule has 0 fully saturated rings. The molecule has 0 aliphatic heterocycles. The Bertz CT molecular complexity index is 92.7. The Balaban J connectivity index is 3.43. The largest absolute Gasteiger partial charge is 0.302 e. The lowest BCUT2D eigenvalue weighted by Gasteiger charge is -1.86. The van der Waals surface area contributed by atoms with E-state index < -0.39 is 0 Å². The van der Waals surface area contributed by atoms with Crippen molar-refractivity contribution in [3.05, 3.63) is 0 Å². The highest BCUT2D eigenvalue weighted by molar-refractivity contribution is 5.57. The Morgan fingerprint density at radius 3 is 2.57 bits per heavy atom. The first-order valence-electron chi connectivity index (χ1n) is 2.20. The molecule has 0 heterocycles. The van der Waals surface area contributed by atoms with Crippen molar-refractivity contribution < 1.29 is 4.79 Å². The number of carbonyl (C=O) groups is 1. The molecule has 0 amide bonds. The van der Waals surface area contributed by atoms with E-state index in [4.69, 9.17) is 5.26 Å². The number of hydrogen-bond donors (Lipinski definition) is 0. The standard InChI is InChI=1S/C5H7NO/c1-2-5(3-6)4-7/h4-5H,2H2,1H3. The second-order valence-electron chi connectivity index (χ2n) is 1.28. The van der Waals surface area contributed by atoms with Crippen LogP contribution in [0.5, 0.6) is 0 Å². The molecule has 1 atom stereocenters. The third-order valence-corrected chi connectivity index (χ3v) is 0.770. The van der Waals surface area contributed by atoms with Gasteiger partial charge in [0.05, 0.1) is 6.07 Å². The number of nitrogens with zero attached hydrogens (tertiary/aromatic N) is 1. The van der Waals surface area contributed by atoms with E-state index in [9.17, 15) is 4.79 Å². The van der Waals surface area contributed by atoms with Crippen molar-refractivity contribution in [2.24, 2.45) is 5.92 Å². The topological polar surface area (TPSA) is 40.9 Å². The molecule has 0 N–H and O–H groups in total. The smallest absolute Gasteiger partial charge is 0.137 e. The monoisotopic (exact) mass is 97.1 g/mol. The first kappa shape index (κ1) is 6.16. The molecule has 1 unspecified atom stereocenters. The van der Waals surface area contributed by atoms with Gasteiger partial charge in [-0.15, -0.1) is 0 Å². The van der Waals surface area contributed by atoms with Gasteiger partial charge in [-0.2, -0.15) is 5.26 Å². The summed E-state index contributed by atoms with van der Waals surface area (Å²) in [6.45, 7) is 1.81. The number of hydrogen-bond acceptors (Lipinski definition) is 2. The number of carbonyl (C=O) groups excluding carboxylic acids is 1. The van der Waals surface area contributed by atoms with Gasteiger partial charge in [0.25, 0.3) is 0 Å². The van der Waals surface area contributed by atoms with Gasteiger partial charge < -0.3 is 4.79 Å². The minimum absolute atomic E-state index is 0.389. The molecule has 0 bridgehead atoms. The van der Waals surface area contributed by atoms with Gasteiger partial charge in [0.15, 0.2) is 0 Å². The highest BCUT2D eigenvalue weighted by Gasteiger charge is 1.97. The van der Waals surface area contributed by atoms with E-state index in [2.05, 4.69) is 0 Å². The molecule has 0 spiro atoms. The zero-order chi connectivity index (χ0) is 5.70. The average Bonchev–Trinajstić information content (AvgIpc) is 1.72. The third-order valence-electron chi connectivity index (χ3n) is 0.770. The number of aldehydes is 1. The maximum Gasteiger partial charge on any atom is 0.137 e. The Kier molecular flexibility index (Phi) is 2.95. The van der Waals surface area contributed by atoms with Crippen LogP contribution in [0.15, 0.2) is 0 Å². The Labute approximate surface area is 42.8 Å². The maximum absolute atomic E-state index is 9.74. The van der Waals surface area contributed by atoms with Crippen LogP contribution in [0.1, 0.15) is 13.3 Å². The van der Waals surface area contributed by atoms with Crippen molar-refractivity contribution in [1.29, 1.82) is 5.26 Å². The molecule has 0 radical (unpaired) electrons. The van der Waals surface area contributed by atoms with Gasteiger partial charge >= 0.3 is 0 Å². The molecule has 2 nitrogen and oxygen atoms in total. The average molecular weight is 97.1 g/mol. The fourth-order valence-electron chi connectivity index (χ4n) is 0.218. The van der Waals surface area contributed by atoms with E-state index in [1.165, 1.54) is 0 Å². The SMILES string of the molecule is CCC(C#N)C=O. The summed E-state index contributed by atoms with van der Waals surface area (Å²) in [4.78, 5) is 9.74. The molecule has 0 aromatic carbocycles. The predicted octanol–water partition coefficient (Wildman–Crippen LogP) is 0.735. The van der Waals surface area contributed by atoms with Crippen LogP contribution in [-0.4, -0.2) is 6.29 Å². The molecule has 0 rings (SSSR count). The van der Waals surface area contributed by atoms with Gasteiger partial charge in [-0.05, 0) is 6.42 Å². The molecule has 0 saturated carbocycles. The van der Waals surface area contributed by atoms with Crippen LogP contribution < -0.4 is 0 Å². The summed E-state index contributed by atoms with van der Waals surface area (Å²) in [5.41, 5.74) is 0. The first-order chi connectivity index (χ1) is 3.35. The van der Waals surface area contributed by atoms with Crippen LogP contribution in [0.3, 0.4) is 0 Å². The van der Waals surface area contributed by atoms with E-state index >= 15 is 0 Å². The Hall–Kier alpha value is -0.840. The molecule has 0 aliphatic rings. The van der Waals surface area contributed by atoms with Crippen LogP contribution in [0.2, 0.25) is 0 Å². The second-order valence-corrected chi connectivity index (χ2v) is 1.28. The Morgan fingerprint density at radius 2 is 2.57 bits per heavy atom. The normalized spacial score (nSPS) is 12.0. The number of rotatable bonds is 2. The van der Waals surface area contributed by atoms with Crippen molar-refractivity contribution in [1.82, 2.24) is 0 Å². The van der Waals surface area contributed by atoms with Gasteiger partial charge in [0.2, 0.25) is 0 Å². The quantitative estimate of drug-likeness (QED) is 0.477. The van der Waals surface area contributed by atoms with Gasteiger partial charge in [-0.1, -0.05) is 6.92 Å². The fraction of sp³-hybridized carbons (Fsp3) is 0.600. The lowest BCUT2D eigenvalue weighted by molar-refractivity contribution is -0.109. The van der Waals surface area contributed by atoms with E-state index in [-0.39, 0.29) is 5.92 Å². The minimum atomic E-state index is -0.389. The van der Waals surface area contributed by atoms with Gasteiger partial charge in [0.1, 0.15) is 12.2 Å². The van der Waals surface area contributed by atoms with Crippen molar-refractivity contribution in [2.75, 3.05) is 0 Å². The summed E-state index contributed by atoms with van der Waals surface area (Å²) < 4.78 is 0.